The van der Waals surface area contributed by atoms with Crippen LogP contribution in [-0.2, 0) is 27.4 Å². The van der Waals surface area contributed by atoms with E-state index in [4.69, 9.17) is 10.3 Å². The van der Waals surface area contributed by atoms with Gasteiger partial charge in [-0.3, -0.25) is 9.59 Å². The number of benzene rings is 4. The first-order valence-corrected chi connectivity index (χ1v) is 16.8. The Morgan fingerprint density at radius 3 is 2.11 bits per heavy atom. The van der Waals surface area contributed by atoms with Gasteiger partial charge in [0.2, 0.25) is 40.7 Å². The zero-order chi connectivity index (χ0) is 39.4. The van der Waals surface area contributed by atoms with E-state index in [0.29, 0.717) is 22.3 Å². The van der Waals surface area contributed by atoms with Gasteiger partial charge in [0.1, 0.15) is 6.61 Å². The van der Waals surface area contributed by atoms with Gasteiger partial charge in [-0.25, -0.2) is 28.0 Å². The van der Waals surface area contributed by atoms with Crippen molar-refractivity contribution in [3.05, 3.63) is 129 Å². The zero-order valence-electron chi connectivity index (χ0n) is 29.4. The number of carbonyl (C=O) groups is 3. The second kappa shape index (κ2) is 16.3. The van der Waals surface area contributed by atoms with Gasteiger partial charge < -0.3 is 19.4 Å². The predicted molar refractivity (Wildman–Crippen MR) is 190 cm³/mol. The van der Waals surface area contributed by atoms with Crippen LogP contribution in [0.15, 0.2) is 77.9 Å². The smallest absolute Gasteiger partial charge is 0.424 e. The number of rotatable bonds is 13. The fourth-order valence-electron chi connectivity index (χ4n) is 6.43. The van der Waals surface area contributed by atoms with E-state index in [9.17, 15) is 36.3 Å². The topological polar surface area (TPSA) is 142 Å². The van der Waals surface area contributed by atoms with Gasteiger partial charge in [0.15, 0.2) is 0 Å². The first-order chi connectivity index (χ1) is 26.4. The highest BCUT2D eigenvalue weighted by molar-refractivity contribution is 5.94. The third-order valence-corrected chi connectivity index (χ3v) is 9.20. The summed E-state index contributed by atoms with van der Waals surface area (Å²) in [6.45, 7) is -0.104. The predicted octanol–water partition coefficient (Wildman–Crippen LogP) is 8.20. The summed E-state index contributed by atoms with van der Waals surface area (Å²) in [4.78, 5) is 41.1. The maximum absolute atomic E-state index is 14.2. The molecule has 1 N–H and O–H groups in total. The average molecular weight is 762 g/mol. The molecule has 284 valence electrons. The van der Waals surface area contributed by atoms with Crippen LogP contribution in [-0.4, -0.2) is 59.8 Å². The molecule has 12 nitrogen and oxygen atoms in total. The third-order valence-electron chi connectivity index (χ3n) is 9.20. The molecule has 1 aromatic heterocycles. The van der Waals surface area contributed by atoms with Gasteiger partial charge in [-0.1, -0.05) is 53.6 Å². The van der Waals surface area contributed by atoms with Crippen molar-refractivity contribution in [3.63, 3.8) is 0 Å². The molecular weight excluding hydrogens is 729 g/mol. The Balaban J connectivity index is 1.20. The van der Waals surface area contributed by atoms with E-state index in [1.165, 1.54) is 12.1 Å². The summed E-state index contributed by atoms with van der Waals surface area (Å²) < 4.78 is 81.4. The number of azide groups is 1. The fourth-order valence-corrected chi connectivity index (χ4v) is 6.43. The SMILES string of the molecule is CN(Cc1cc2cc(NC(=O)CCN=[N+]=[N-])ccc2n1CCC(=O)Oc1c(F)c(F)c(F)c(F)c1F)N(C)C(=O)OCC1c2ccccc2-c2ccccc21. The van der Waals surface area contributed by atoms with Crippen LogP contribution in [0.1, 0.15) is 35.6 Å². The van der Waals surface area contributed by atoms with Gasteiger partial charge >= 0.3 is 12.1 Å². The summed E-state index contributed by atoms with van der Waals surface area (Å²) in [5, 5.41) is 9.44. The molecule has 0 saturated heterocycles. The Labute approximate surface area is 310 Å². The van der Waals surface area contributed by atoms with Crippen LogP contribution in [0, 0.1) is 29.1 Å². The standard InChI is InChI=1S/C38H32F5N7O5/c1-48(49(2)38(53)54-20-28-26-9-5-3-7-24(26)25-8-4-6-10-27(25)28)19-23-18-21-17-22(46-30(51)13-15-45-47-44)11-12-29(21)50(23)16-14-31(52)55-37-35(42)33(40)32(39)34(41)36(37)43/h3-12,17-18,28H,13-16,19-20H2,1-2H3,(H,46,51). The molecule has 55 heavy (non-hydrogen) atoms. The van der Waals surface area contributed by atoms with Crippen LogP contribution in [0.5, 0.6) is 5.75 Å². The molecule has 1 heterocycles. The van der Waals surface area contributed by atoms with Crippen LogP contribution in [0.25, 0.3) is 32.5 Å². The minimum Gasteiger partial charge on any atom is -0.447 e. The van der Waals surface area contributed by atoms with Crippen LogP contribution in [0.2, 0.25) is 0 Å². The number of nitrogens with zero attached hydrogens (tertiary/aromatic N) is 6. The van der Waals surface area contributed by atoms with E-state index in [1.54, 1.807) is 40.9 Å². The van der Waals surface area contributed by atoms with Gasteiger partial charge in [-0.2, -0.15) is 8.78 Å². The number of halogens is 5. The quantitative estimate of drug-likeness (QED) is 0.0148. The number of aryl methyl sites for hydroxylation is 1. The maximum Gasteiger partial charge on any atom is 0.424 e. The highest BCUT2D eigenvalue weighted by atomic mass is 19.2. The van der Waals surface area contributed by atoms with E-state index >= 15 is 0 Å². The van der Waals surface area contributed by atoms with E-state index < -0.39 is 59.2 Å². The van der Waals surface area contributed by atoms with Crippen molar-refractivity contribution in [2.75, 3.05) is 32.6 Å². The number of nitrogens with one attached hydrogen (secondary N) is 1. The molecule has 6 rings (SSSR count). The number of fused-ring (bicyclic) bond motifs is 4. The molecule has 5 aromatic rings. The lowest BCUT2D eigenvalue weighted by Gasteiger charge is -2.28. The van der Waals surface area contributed by atoms with Gasteiger partial charge in [0.25, 0.3) is 0 Å². The summed E-state index contributed by atoms with van der Waals surface area (Å²) in [5.74, 6) is -15.1. The number of aromatic nitrogens is 1. The number of amides is 2. The molecule has 0 saturated carbocycles. The fraction of sp³-hybridized carbons (Fsp3) is 0.237. The van der Waals surface area contributed by atoms with E-state index in [1.807, 2.05) is 48.5 Å². The molecule has 0 spiro atoms. The van der Waals surface area contributed by atoms with Crippen LogP contribution in [0.4, 0.5) is 32.4 Å². The molecule has 4 aromatic carbocycles. The van der Waals surface area contributed by atoms with Crippen LogP contribution < -0.4 is 10.1 Å². The van der Waals surface area contributed by atoms with Crippen molar-refractivity contribution in [3.8, 4) is 16.9 Å². The first kappa shape index (κ1) is 38.3. The molecule has 0 unspecified atom stereocenters. The first-order valence-electron chi connectivity index (χ1n) is 16.8. The molecule has 0 atom stereocenters. The normalized spacial score (nSPS) is 11.9. The molecule has 0 fully saturated rings. The number of hydrogen-bond donors (Lipinski definition) is 1. The average Bonchev–Trinajstić information content (AvgIpc) is 3.69. The zero-order valence-corrected chi connectivity index (χ0v) is 29.4. The van der Waals surface area contributed by atoms with Crippen LogP contribution >= 0.6 is 0 Å². The summed E-state index contributed by atoms with van der Waals surface area (Å²) in [5.41, 5.74) is 14.2. The summed E-state index contributed by atoms with van der Waals surface area (Å²) in [7, 11) is 3.13. The lowest BCUT2D eigenvalue weighted by atomic mass is 9.98. The van der Waals surface area contributed by atoms with Crippen molar-refractivity contribution < 1.29 is 45.8 Å². The van der Waals surface area contributed by atoms with E-state index in [2.05, 4.69) is 20.1 Å². The van der Waals surface area contributed by atoms with Crippen molar-refractivity contribution in [1.29, 1.82) is 0 Å². The molecule has 2 amide bonds. The molecule has 0 radical (unpaired) electrons. The maximum atomic E-state index is 14.2. The molecule has 17 heteroatoms. The Bertz CT molecular complexity index is 2290. The minimum absolute atomic E-state index is 0.0459. The minimum atomic E-state index is -2.39. The lowest BCUT2D eigenvalue weighted by molar-refractivity contribution is -0.135. The lowest BCUT2D eigenvalue weighted by Crippen LogP contribution is -2.41. The van der Waals surface area contributed by atoms with E-state index in [0.717, 1.165) is 22.3 Å². The molecule has 1 aliphatic carbocycles. The van der Waals surface area contributed by atoms with Gasteiger partial charge in [-0.15, -0.1) is 0 Å². The Morgan fingerprint density at radius 2 is 1.47 bits per heavy atom. The Morgan fingerprint density at radius 1 is 0.855 bits per heavy atom. The number of hydrazine groups is 1. The summed E-state index contributed by atoms with van der Waals surface area (Å²) in [6.07, 6.45) is -1.28. The highest BCUT2D eigenvalue weighted by Gasteiger charge is 2.31. The summed E-state index contributed by atoms with van der Waals surface area (Å²) >= 11 is 0. The number of carbonyl (C=O) groups excluding carboxylic acids is 3. The Hall–Kier alpha value is -6.45. The molecule has 1 aliphatic rings. The molecule has 0 aliphatic heterocycles. The second-order valence-electron chi connectivity index (χ2n) is 12.6. The van der Waals surface area contributed by atoms with Crippen molar-refractivity contribution in [2.24, 2.45) is 5.11 Å². The monoisotopic (exact) mass is 761 g/mol. The van der Waals surface area contributed by atoms with Crippen molar-refractivity contribution in [2.45, 2.75) is 31.8 Å². The third kappa shape index (κ3) is 7.93. The summed E-state index contributed by atoms with van der Waals surface area (Å²) in [6, 6.07) is 22.4. The number of hydrogen-bond acceptors (Lipinski definition) is 7. The van der Waals surface area contributed by atoms with Crippen molar-refractivity contribution >= 4 is 34.6 Å². The highest BCUT2D eigenvalue weighted by Crippen LogP contribution is 2.44. The molecular formula is C38H32F5N7O5. The number of esters is 1. The largest absolute Gasteiger partial charge is 0.447 e. The number of anilines is 1. The molecule has 0 bridgehead atoms. The number of ether oxygens (including phenoxy) is 2. The second-order valence-corrected chi connectivity index (χ2v) is 12.6. The Kier molecular flexibility index (Phi) is 11.3. The van der Waals surface area contributed by atoms with Crippen LogP contribution in [0.3, 0.4) is 0 Å². The van der Waals surface area contributed by atoms with Crippen molar-refractivity contribution in [1.82, 2.24) is 14.6 Å². The van der Waals surface area contributed by atoms with Gasteiger partial charge in [0.05, 0.1) is 13.0 Å². The van der Waals surface area contributed by atoms with Gasteiger partial charge in [0, 0.05) is 66.7 Å². The van der Waals surface area contributed by atoms with E-state index in [-0.39, 0.29) is 38.6 Å². The van der Waals surface area contributed by atoms with Gasteiger partial charge in [-0.05, 0) is 52.1 Å².